The molecule has 0 radical (unpaired) electrons. The minimum absolute atomic E-state index is 0.106. The van der Waals surface area contributed by atoms with Gasteiger partial charge < -0.3 is 9.84 Å². The van der Waals surface area contributed by atoms with Gasteiger partial charge in [-0.05, 0) is 51.7 Å². The van der Waals surface area contributed by atoms with Crippen LogP contribution in [0, 0.1) is 6.92 Å². The summed E-state index contributed by atoms with van der Waals surface area (Å²) in [5.41, 5.74) is 1.37. The topological polar surface area (TPSA) is 130 Å². The first kappa shape index (κ1) is 24.9. The van der Waals surface area contributed by atoms with Crippen molar-refractivity contribution < 1.29 is 18.3 Å². The smallest absolute Gasteiger partial charge is 0.334 e. The van der Waals surface area contributed by atoms with E-state index in [4.69, 9.17) is 14.7 Å². The van der Waals surface area contributed by atoms with Gasteiger partial charge in [-0.3, -0.25) is 4.98 Å². The first-order valence-electron chi connectivity index (χ1n) is 12.7. The lowest BCUT2D eigenvalue weighted by Gasteiger charge is -2.29. The molecule has 0 amide bonds. The van der Waals surface area contributed by atoms with Crippen molar-refractivity contribution in [3.63, 3.8) is 0 Å². The number of benzene rings is 1. The van der Waals surface area contributed by atoms with Crippen molar-refractivity contribution in [2.75, 3.05) is 19.7 Å². The minimum Gasteiger partial charge on any atom is -0.493 e. The fourth-order valence-corrected chi connectivity index (χ4v) is 6.78. The number of fused-ring (bicyclic) bond motifs is 1. The lowest BCUT2D eigenvalue weighted by Crippen LogP contribution is -2.40. The van der Waals surface area contributed by atoms with E-state index in [9.17, 15) is 18.3 Å². The zero-order valence-electron chi connectivity index (χ0n) is 20.7. The van der Waals surface area contributed by atoms with E-state index in [-0.39, 0.29) is 29.6 Å². The number of aryl methyl sites for hydroxylation is 1. The molecule has 5 rings (SSSR count). The van der Waals surface area contributed by atoms with Crippen LogP contribution in [0.25, 0.3) is 17.0 Å². The zero-order valence-corrected chi connectivity index (χ0v) is 21.6. The molecule has 1 aliphatic carbocycles. The molecule has 1 saturated carbocycles. The van der Waals surface area contributed by atoms with Gasteiger partial charge in [0.15, 0.2) is 5.65 Å². The summed E-state index contributed by atoms with van der Waals surface area (Å²) in [6.07, 6.45) is 5.85. The number of hydrogen-bond acceptors (Lipinski definition) is 7. The molecule has 11 heteroatoms. The molecule has 2 N–H and O–H groups in total. The summed E-state index contributed by atoms with van der Waals surface area (Å²) in [5.74, 6) is 1.64. The Balaban J connectivity index is 1.55. The standard InChI is InChI=1S/C25H33N5O5S/c1-3-35-21-15-19(36(33,34)29-13-11-18(31)12-14-29)9-10-20(21)22-27-23-16(2)26-24(30(23)25(32)28-22)17-7-5-4-6-8-17/h9-10,15,17-18,31H,3-8,11-14H2,1-2H3,(H,27,28,32). The number of hydrogen-bond donors (Lipinski definition) is 2. The largest absolute Gasteiger partial charge is 0.493 e. The number of imidazole rings is 1. The number of aliphatic hydroxyl groups is 1. The highest BCUT2D eigenvalue weighted by molar-refractivity contribution is 7.89. The van der Waals surface area contributed by atoms with Crippen LogP contribution in [0.15, 0.2) is 27.9 Å². The van der Waals surface area contributed by atoms with Crippen LogP contribution >= 0.6 is 0 Å². The zero-order chi connectivity index (χ0) is 25.4. The van der Waals surface area contributed by atoms with E-state index < -0.39 is 16.1 Å². The highest BCUT2D eigenvalue weighted by Gasteiger charge is 2.30. The third kappa shape index (κ3) is 4.55. The predicted molar refractivity (Wildman–Crippen MR) is 135 cm³/mol. The monoisotopic (exact) mass is 515 g/mol. The summed E-state index contributed by atoms with van der Waals surface area (Å²) >= 11 is 0. The Bertz CT molecular complexity index is 1420. The summed E-state index contributed by atoms with van der Waals surface area (Å²) in [4.78, 5) is 25.7. The molecule has 2 aromatic heterocycles. The fraction of sp³-hybridized carbons (Fsp3) is 0.560. The van der Waals surface area contributed by atoms with E-state index in [0.29, 0.717) is 47.9 Å². The van der Waals surface area contributed by atoms with Gasteiger partial charge in [0.25, 0.3) is 0 Å². The number of piperidine rings is 1. The Morgan fingerprint density at radius 1 is 1.11 bits per heavy atom. The van der Waals surface area contributed by atoms with Crippen LogP contribution in [0.1, 0.15) is 69.3 Å². The van der Waals surface area contributed by atoms with Crippen LogP contribution < -0.4 is 10.4 Å². The third-order valence-corrected chi connectivity index (χ3v) is 9.13. The number of rotatable bonds is 6. The molecule has 0 spiro atoms. The Morgan fingerprint density at radius 2 is 1.83 bits per heavy atom. The second kappa shape index (κ2) is 9.95. The lowest BCUT2D eigenvalue weighted by atomic mass is 9.89. The van der Waals surface area contributed by atoms with Gasteiger partial charge in [0.05, 0.1) is 28.9 Å². The molecule has 0 bridgehead atoms. The Kier molecular flexibility index (Phi) is 6.88. The molecule has 10 nitrogen and oxygen atoms in total. The van der Waals surface area contributed by atoms with Crippen molar-refractivity contribution in [3.8, 4) is 17.1 Å². The number of aliphatic hydroxyl groups excluding tert-OH is 1. The highest BCUT2D eigenvalue weighted by Crippen LogP contribution is 2.34. The average Bonchev–Trinajstić information content (AvgIpc) is 3.22. The van der Waals surface area contributed by atoms with Crippen molar-refractivity contribution in [1.82, 2.24) is 23.7 Å². The van der Waals surface area contributed by atoms with E-state index in [1.807, 2.05) is 13.8 Å². The highest BCUT2D eigenvalue weighted by atomic mass is 32.2. The van der Waals surface area contributed by atoms with Gasteiger partial charge in [-0.1, -0.05) is 19.3 Å². The molecule has 1 aliphatic heterocycles. The fourth-order valence-electron chi connectivity index (χ4n) is 5.29. The number of aromatic nitrogens is 4. The Labute approximate surface area is 210 Å². The van der Waals surface area contributed by atoms with Crippen LogP contribution in [-0.2, 0) is 10.0 Å². The van der Waals surface area contributed by atoms with E-state index in [1.54, 1.807) is 10.5 Å². The second-order valence-electron chi connectivity index (χ2n) is 9.67. The van der Waals surface area contributed by atoms with Gasteiger partial charge in [-0.25, -0.2) is 27.6 Å². The minimum atomic E-state index is -3.75. The number of nitrogens with one attached hydrogen (secondary N) is 1. The van der Waals surface area contributed by atoms with Crippen molar-refractivity contribution in [2.24, 2.45) is 0 Å². The van der Waals surface area contributed by atoms with Crippen LogP contribution in [0.4, 0.5) is 0 Å². The van der Waals surface area contributed by atoms with E-state index in [1.165, 1.54) is 22.9 Å². The number of H-pyrrole nitrogens is 1. The molecule has 0 unspecified atom stereocenters. The molecule has 3 heterocycles. The molecule has 36 heavy (non-hydrogen) atoms. The quantitative estimate of drug-likeness (QED) is 0.516. The summed E-state index contributed by atoms with van der Waals surface area (Å²) in [6, 6.07) is 4.62. The molecular formula is C25H33N5O5S. The maximum absolute atomic E-state index is 13.2. The average molecular weight is 516 g/mol. The molecule has 0 atom stereocenters. The maximum atomic E-state index is 13.2. The first-order valence-corrected chi connectivity index (χ1v) is 14.2. The van der Waals surface area contributed by atoms with Crippen LogP contribution in [0.3, 0.4) is 0 Å². The lowest BCUT2D eigenvalue weighted by molar-refractivity contribution is 0.113. The summed E-state index contributed by atoms with van der Waals surface area (Å²) in [7, 11) is -3.75. The van der Waals surface area contributed by atoms with Crippen molar-refractivity contribution in [2.45, 2.75) is 75.7 Å². The Morgan fingerprint density at radius 3 is 2.53 bits per heavy atom. The van der Waals surface area contributed by atoms with Gasteiger partial charge in [0.1, 0.15) is 17.4 Å². The second-order valence-corrected chi connectivity index (χ2v) is 11.6. The Hall–Kier alpha value is -2.76. The van der Waals surface area contributed by atoms with Gasteiger partial charge in [0.2, 0.25) is 10.0 Å². The first-order chi connectivity index (χ1) is 17.3. The van der Waals surface area contributed by atoms with Crippen LogP contribution in [0.5, 0.6) is 5.75 Å². The normalized spacial score (nSPS) is 18.6. The SMILES string of the molecule is CCOc1cc(S(=O)(=O)N2CCC(O)CC2)ccc1-c1nc2c(C)nc(C3CCCCC3)n2c(=O)[nH]1. The van der Waals surface area contributed by atoms with Gasteiger partial charge in [-0.2, -0.15) is 4.31 Å². The summed E-state index contributed by atoms with van der Waals surface area (Å²) in [5, 5.41) is 9.75. The van der Waals surface area contributed by atoms with Gasteiger partial charge >= 0.3 is 5.69 Å². The number of sulfonamides is 1. The van der Waals surface area contributed by atoms with Gasteiger partial charge in [-0.15, -0.1) is 0 Å². The number of ether oxygens (including phenoxy) is 1. The maximum Gasteiger partial charge on any atom is 0.334 e. The van der Waals surface area contributed by atoms with Crippen molar-refractivity contribution >= 4 is 15.7 Å². The number of nitrogens with zero attached hydrogens (tertiary/aromatic N) is 4. The van der Waals surface area contributed by atoms with Crippen LogP contribution in [0.2, 0.25) is 0 Å². The molecule has 1 aromatic carbocycles. The molecule has 2 aliphatic rings. The van der Waals surface area contributed by atoms with E-state index >= 15 is 0 Å². The third-order valence-electron chi connectivity index (χ3n) is 7.23. The molecule has 2 fully saturated rings. The molecule has 1 saturated heterocycles. The molecular weight excluding hydrogens is 482 g/mol. The summed E-state index contributed by atoms with van der Waals surface area (Å²) < 4.78 is 35.2. The molecule has 3 aromatic rings. The van der Waals surface area contributed by atoms with Crippen molar-refractivity contribution in [1.29, 1.82) is 0 Å². The number of aromatic amines is 1. The predicted octanol–water partition coefficient (Wildman–Crippen LogP) is 2.98. The van der Waals surface area contributed by atoms with E-state index in [2.05, 4.69) is 4.98 Å². The van der Waals surface area contributed by atoms with E-state index in [0.717, 1.165) is 31.5 Å². The van der Waals surface area contributed by atoms with Crippen LogP contribution in [-0.4, -0.2) is 63.0 Å². The van der Waals surface area contributed by atoms with Crippen molar-refractivity contribution in [3.05, 3.63) is 40.2 Å². The van der Waals surface area contributed by atoms with Gasteiger partial charge in [0, 0.05) is 25.1 Å². The molecule has 194 valence electrons. The summed E-state index contributed by atoms with van der Waals surface area (Å²) in [6.45, 7) is 4.52.